The Kier molecular flexibility index (Phi) is 4.32. The highest BCUT2D eigenvalue weighted by atomic mass is 16.2. The molecule has 4 heteroatoms. The van der Waals surface area contributed by atoms with Crippen LogP contribution in [0.4, 0.5) is 5.69 Å². The molecule has 2 amide bonds. The molecule has 5 rings (SSSR count). The molecule has 2 N–H and O–H groups in total. The van der Waals surface area contributed by atoms with Crippen molar-refractivity contribution in [2.75, 3.05) is 5.32 Å². The van der Waals surface area contributed by atoms with Gasteiger partial charge in [0.25, 0.3) is 0 Å². The summed E-state index contributed by atoms with van der Waals surface area (Å²) in [6.07, 6.45) is 7.02. The van der Waals surface area contributed by atoms with Gasteiger partial charge in [0.05, 0.1) is 0 Å². The molecule has 4 fully saturated rings. The first-order chi connectivity index (χ1) is 12.3. The van der Waals surface area contributed by atoms with Crippen molar-refractivity contribution >= 4 is 17.5 Å². The van der Waals surface area contributed by atoms with Crippen LogP contribution in [-0.4, -0.2) is 17.9 Å². The zero-order chi connectivity index (χ0) is 18.5. The molecular weight excluding hydrogens is 324 g/mol. The average Bonchev–Trinajstić information content (AvgIpc) is 2.57. The van der Waals surface area contributed by atoms with E-state index in [1.165, 1.54) is 24.8 Å². The summed E-state index contributed by atoms with van der Waals surface area (Å²) in [6, 6.07) is 5.37. The minimum atomic E-state index is -0.517. The van der Waals surface area contributed by atoms with Crippen LogP contribution in [-0.2, 0) is 9.59 Å². The predicted octanol–water partition coefficient (Wildman–Crippen LogP) is 3.96. The van der Waals surface area contributed by atoms with Crippen LogP contribution in [0.25, 0.3) is 0 Å². The fraction of sp³-hybridized carbons (Fsp3) is 0.636. The van der Waals surface area contributed by atoms with Crippen LogP contribution in [0.3, 0.4) is 0 Å². The van der Waals surface area contributed by atoms with Crippen LogP contribution in [0.2, 0.25) is 0 Å². The Morgan fingerprint density at radius 3 is 2.12 bits per heavy atom. The fourth-order valence-electron chi connectivity index (χ4n) is 5.87. The monoisotopic (exact) mass is 354 g/mol. The number of aryl methyl sites for hydroxylation is 2. The lowest BCUT2D eigenvalue weighted by atomic mass is 9.49. The van der Waals surface area contributed by atoms with Crippen molar-refractivity contribution in [1.29, 1.82) is 0 Å². The Morgan fingerprint density at radius 1 is 1.00 bits per heavy atom. The van der Waals surface area contributed by atoms with Gasteiger partial charge in [-0.25, -0.2) is 0 Å². The highest BCUT2D eigenvalue weighted by Gasteiger charge is 2.54. The lowest BCUT2D eigenvalue weighted by molar-refractivity contribution is -0.147. The molecule has 4 aliphatic carbocycles. The van der Waals surface area contributed by atoms with Crippen LogP contribution < -0.4 is 10.6 Å². The Bertz CT molecular complexity index is 704. The summed E-state index contributed by atoms with van der Waals surface area (Å²) >= 11 is 0. The summed E-state index contributed by atoms with van der Waals surface area (Å²) in [5.74, 6) is 2.15. The van der Waals surface area contributed by atoms with Gasteiger partial charge in [-0.1, -0.05) is 6.07 Å². The van der Waals surface area contributed by atoms with E-state index in [-0.39, 0.29) is 17.2 Å². The average molecular weight is 354 g/mol. The number of anilines is 1. The Morgan fingerprint density at radius 2 is 1.58 bits per heavy atom. The van der Waals surface area contributed by atoms with E-state index in [9.17, 15) is 9.59 Å². The highest BCUT2D eigenvalue weighted by molar-refractivity contribution is 5.97. The van der Waals surface area contributed by atoms with Crippen molar-refractivity contribution in [3.63, 3.8) is 0 Å². The largest absolute Gasteiger partial charge is 0.344 e. The highest BCUT2D eigenvalue weighted by Crippen LogP contribution is 2.60. The second kappa shape index (κ2) is 6.40. The van der Waals surface area contributed by atoms with Gasteiger partial charge in [0.15, 0.2) is 0 Å². The summed E-state index contributed by atoms with van der Waals surface area (Å²) in [7, 11) is 0. The summed E-state index contributed by atoms with van der Waals surface area (Å²) in [5.41, 5.74) is 2.93. The number of hydrogen-bond donors (Lipinski definition) is 2. The maximum absolute atomic E-state index is 13.1. The number of rotatable bonds is 4. The zero-order valence-corrected chi connectivity index (χ0v) is 16.1. The Labute approximate surface area is 156 Å². The number of nitrogens with one attached hydrogen (secondary N) is 2. The minimum absolute atomic E-state index is 0.110. The molecule has 4 saturated carbocycles. The quantitative estimate of drug-likeness (QED) is 0.860. The number of amides is 2. The van der Waals surface area contributed by atoms with Crippen LogP contribution >= 0.6 is 0 Å². The summed E-state index contributed by atoms with van der Waals surface area (Å²) < 4.78 is 0. The SMILES string of the molecule is Cc1ccc(NC(=O)[C@H](C)NC(=O)C23CC4CC(CC(C4)C2)C3)cc1C. The normalized spacial score (nSPS) is 33.0. The standard InChI is InChI=1S/C22H30N2O2/c1-13-4-5-19(6-14(13)2)24-20(25)15(3)23-21(26)22-10-16-7-17(11-22)9-18(8-16)12-22/h4-6,15-18H,7-12H2,1-3H3,(H,23,26)(H,24,25)/t15-,16?,17?,18?,22?/m0/s1. The number of benzene rings is 1. The first-order valence-corrected chi connectivity index (χ1v) is 10.0. The number of carbonyl (C=O) groups excluding carboxylic acids is 2. The molecule has 26 heavy (non-hydrogen) atoms. The van der Waals surface area contributed by atoms with Crippen molar-refractivity contribution in [2.24, 2.45) is 23.2 Å². The number of hydrogen-bond acceptors (Lipinski definition) is 2. The van der Waals surface area contributed by atoms with Crippen molar-refractivity contribution in [1.82, 2.24) is 5.32 Å². The van der Waals surface area contributed by atoms with Gasteiger partial charge < -0.3 is 10.6 Å². The van der Waals surface area contributed by atoms with E-state index in [1.807, 2.05) is 25.1 Å². The Hall–Kier alpha value is -1.84. The van der Waals surface area contributed by atoms with Gasteiger partial charge in [-0.3, -0.25) is 9.59 Å². The molecule has 1 aromatic carbocycles. The molecule has 0 spiro atoms. The lowest BCUT2D eigenvalue weighted by Gasteiger charge is -2.55. The van der Waals surface area contributed by atoms with Gasteiger partial charge >= 0.3 is 0 Å². The van der Waals surface area contributed by atoms with Gasteiger partial charge in [0, 0.05) is 11.1 Å². The summed E-state index contributed by atoms with van der Waals surface area (Å²) in [5, 5.41) is 5.97. The molecule has 0 unspecified atom stereocenters. The first kappa shape index (κ1) is 17.6. The van der Waals surface area contributed by atoms with E-state index < -0.39 is 6.04 Å². The smallest absolute Gasteiger partial charge is 0.246 e. The molecule has 4 bridgehead atoms. The van der Waals surface area contributed by atoms with Crippen LogP contribution in [0.5, 0.6) is 0 Å². The van der Waals surface area contributed by atoms with Crippen molar-refractivity contribution < 1.29 is 9.59 Å². The van der Waals surface area contributed by atoms with Gasteiger partial charge in [-0.15, -0.1) is 0 Å². The molecule has 140 valence electrons. The first-order valence-electron chi connectivity index (χ1n) is 10.0. The van der Waals surface area contributed by atoms with Gasteiger partial charge in [0.2, 0.25) is 11.8 Å². The Balaban J connectivity index is 1.39. The van der Waals surface area contributed by atoms with Gasteiger partial charge in [0.1, 0.15) is 6.04 Å². The van der Waals surface area contributed by atoms with Crippen molar-refractivity contribution in [3.8, 4) is 0 Å². The second-order valence-electron chi connectivity index (χ2n) is 9.18. The topological polar surface area (TPSA) is 58.2 Å². The summed E-state index contributed by atoms with van der Waals surface area (Å²) in [6.45, 7) is 5.87. The molecule has 0 aliphatic heterocycles. The van der Waals surface area contributed by atoms with Crippen LogP contribution in [0.1, 0.15) is 56.6 Å². The van der Waals surface area contributed by atoms with E-state index in [1.54, 1.807) is 6.92 Å². The molecule has 0 heterocycles. The van der Waals surface area contributed by atoms with Crippen molar-refractivity contribution in [2.45, 2.75) is 65.3 Å². The molecule has 4 nitrogen and oxygen atoms in total. The van der Waals surface area contributed by atoms with Crippen LogP contribution in [0.15, 0.2) is 18.2 Å². The second-order valence-corrected chi connectivity index (χ2v) is 9.18. The van der Waals surface area contributed by atoms with E-state index >= 15 is 0 Å². The maximum Gasteiger partial charge on any atom is 0.246 e. The fourth-order valence-corrected chi connectivity index (χ4v) is 5.87. The third-order valence-electron chi connectivity index (χ3n) is 7.04. The van der Waals surface area contributed by atoms with Crippen molar-refractivity contribution in [3.05, 3.63) is 29.3 Å². The van der Waals surface area contributed by atoms with E-state index in [2.05, 4.69) is 17.6 Å². The van der Waals surface area contributed by atoms with Crippen LogP contribution in [0, 0.1) is 37.0 Å². The lowest BCUT2D eigenvalue weighted by Crippen LogP contribution is -2.56. The minimum Gasteiger partial charge on any atom is -0.344 e. The molecule has 0 radical (unpaired) electrons. The molecule has 1 atom stereocenters. The molecule has 1 aromatic rings. The van der Waals surface area contributed by atoms with Gasteiger partial charge in [-0.05, 0) is 100 Å². The molecule has 4 aliphatic rings. The third kappa shape index (κ3) is 3.15. The van der Waals surface area contributed by atoms with E-state index in [4.69, 9.17) is 0 Å². The predicted molar refractivity (Wildman–Crippen MR) is 103 cm³/mol. The van der Waals surface area contributed by atoms with Gasteiger partial charge in [-0.2, -0.15) is 0 Å². The maximum atomic E-state index is 13.1. The summed E-state index contributed by atoms with van der Waals surface area (Å²) in [4.78, 5) is 25.6. The number of carbonyl (C=O) groups is 2. The molecular formula is C22H30N2O2. The zero-order valence-electron chi connectivity index (χ0n) is 16.1. The van der Waals surface area contributed by atoms with E-state index in [0.717, 1.165) is 48.3 Å². The molecule has 0 aromatic heterocycles. The van der Waals surface area contributed by atoms with E-state index in [0.29, 0.717) is 0 Å². The molecule has 0 saturated heterocycles. The third-order valence-corrected chi connectivity index (χ3v) is 7.04.